The Labute approximate surface area is 211 Å². The van der Waals surface area contributed by atoms with Crippen LogP contribution in [-0.4, -0.2) is 32.6 Å². The van der Waals surface area contributed by atoms with E-state index in [1.807, 2.05) is 24.3 Å². The number of anilines is 2. The molecule has 1 aliphatic rings. The first-order valence-corrected chi connectivity index (χ1v) is 13.1. The van der Waals surface area contributed by atoms with Gasteiger partial charge in [-0.1, -0.05) is 32.0 Å². The van der Waals surface area contributed by atoms with Crippen molar-refractivity contribution in [3.8, 4) is 5.75 Å². The second-order valence-corrected chi connectivity index (χ2v) is 10.9. The lowest BCUT2D eigenvalue weighted by molar-refractivity contribution is 0.0977. The van der Waals surface area contributed by atoms with Gasteiger partial charge in [-0.15, -0.1) is 0 Å². The highest BCUT2D eigenvalue weighted by molar-refractivity contribution is 7.92. The molecule has 2 N–H and O–H groups in total. The van der Waals surface area contributed by atoms with Gasteiger partial charge in [0.15, 0.2) is 5.11 Å². The summed E-state index contributed by atoms with van der Waals surface area (Å²) in [6.07, 6.45) is 0.691. The number of carbonyl (C=O) groups excluding carboxylic acids is 1. The van der Waals surface area contributed by atoms with Crippen molar-refractivity contribution in [2.75, 3.05) is 22.8 Å². The normalized spacial score (nSPS) is 12.8. The molecule has 35 heavy (non-hydrogen) atoms. The Morgan fingerprint density at radius 2 is 1.71 bits per heavy atom. The molecule has 0 spiro atoms. The van der Waals surface area contributed by atoms with Gasteiger partial charge < -0.3 is 10.1 Å². The maximum absolute atomic E-state index is 13.1. The smallest absolute Gasteiger partial charge is 0.264 e. The second kappa shape index (κ2) is 10.5. The fourth-order valence-corrected chi connectivity index (χ4v) is 5.41. The Balaban J connectivity index is 1.35. The van der Waals surface area contributed by atoms with Gasteiger partial charge in [-0.3, -0.25) is 14.4 Å². The summed E-state index contributed by atoms with van der Waals surface area (Å²) in [6.45, 7) is 5.15. The van der Waals surface area contributed by atoms with Gasteiger partial charge in [0.05, 0.1) is 17.2 Å². The SMILES string of the molecule is CC(C)COc1ccc(C(=O)NC(=S)Nc2ccc(S(=O)(=O)N3CCc4ccccc43)cc2)cc1. The fraction of sp³-hybridized carbons (Fsp3) is 0.231. The van der Waals surface area contributed by atoms with Crippen LogP contribution in [-0.2, 0) is 16.4 Å². The van der Waals surface area contributed by atoms with E-state index in [1.165, 1.54) is 16.4 Å². The van der Waals surface area contributed by atoms with Crippen LogP contribution in [0, 0.1) is 5.92 Å². The van der Waals surface area contributed by atoms with Gasteiger partial charge in [0, 0.05) is 17.8 Å². The fourth-order valence-electron chi connectivity index (χ4n) is 3.70. The highest BCUT2D eigenvalue weighted by Gasteiger charge is 2.30. The molecule has 0 unspecified atom stereocenters. The van der Waals surface area contributed by atoms with Crippen LogP contribution in [0.5, 0.6) is 5.75 Å². The summed E-state index contributed by atoms with van der Waals surface area (Å²) in [4.78, 5) is 12.7. The predicted molar refractivity (Wildman–Crippen MR) is 142 cm³/mol. The molecule has 1 amide bonds. The number of sulfonamides is 1. The average Bonchev–Trinajstić information content (AvgIpc) is 3.28. The van der Waals surface area contributed by atoms with Crippen molar-refractivity contribution >= 4 is 44.6 Å². The Morgan fingerprint density at radius 1 is 1.03 bits per heavy atom. The van der Waals surface area contributed by atoms with Crippen molar-refractivity contribution in [2.24, 2.45) is 5.92 Å². The third-order valence-corrected chi connectivity index (χ3v) is 7.50. The van der Waals surface area contributed by atoms with Crippen molar-refractivity contribution < 1.29 is 17.9 Å². The summed E-state index contributed by atoms with van der Waals surface area (Å²) < 4.78 is 33.4. The van der Waals surface area contributed by atoms with Crippen molar-refractivity contribution in [2.45, 2.75) is 25.2 Å². The minimum Gasteiger partial charge on any atom is -0.493 e. The number of nitrogens with one attached hydrogen (secondary N) is 2. The van der Waals surface area contributed by atoms with Gasteiger partial charge in [-0.25, -0.2) is 8.42 Å². The number of ether oxygens (including phenoxy) is 1. The summed E-state index contributed by atoms with van der Waals surface area (Å²) in [5.41, 5.74) is 2.75. The molecule has 4 rings (SSSR count). The van der Waals surface area contributed by atoms with Gasteiger partial charge in [-0.2, -0.15) is 0 Å². The van der Waals surface area contributed by atoms with E-state index in [0.29, 0.717) is 42.5 Å². The van der Waals surface area contributed by atoms with E-state index in [0.717, 1.165) is 11.3 Å². The topological polar surface area (TPSA) is 87.7 Å². The number of carbonyl (C=O) groups is 1. The number of thiocarbonyl (C=S) groups is 1. The highest BCUT2D eigenvalue weighted by Crippen LogP contribution is 2.32. The largest absolute Gasteiger partial charge is 0.493 e. The zero-order chi connectivity index (χ0) is 25.0. The molecular formula is C26H27N3O4S2. The van der Waals surface area contributed by atoms with E-state index in [2.05, 4.69) is 24.5 Å². The Morgan fingerprint density at radius 3 is 2.40 bits per heavy atom. The summed E-state index contributed by atoms with van der Waals surface area (Å²) in [5, 5.41) is 5.66. The number of rotatable bonds is 7. The molecule has 0 saturated heterocycles. The van der Waals surface area contributed by atoms with Gasteiger partial charge >= 0.3 is 0 Å². The first-order chi connectivity index (χ1) is 16.7. The molecule has 1 heterocycles. The van der Waals surface area contributed by atoms with Gasteiger partial charge in [0.2, 0.25) is 0 Å². The first-order valence-electron chi connectivity index (χ1n) is 11.3. The minimum atomic E-state index is -3.67. The Hall–Kier alpha value is -3.43. The number of nitrogens with zero attached hydrogens (tertiary/aromatic N) is 1. The maximum atomic E-state index is 13.1. The van der Waals surface area contributed by atoms with Crippen LogP contribution in [0.15, 0.2) is 77.7 Å². The van der Waals surface area contributed by atoms with Crippen LogP contribution in [0.4, 0.5) is 11.4 Å². The van der Waals surface area contributed by atoms with Crippen molar-refractivity contribution in [1.82, 2.24) is 5.32 Å². The summed E-state index contributed by atoms with van der Waals surface area (Å²) >= 11 is 5.25. The Bertz CT molecular complexity index is 1320. The number of fused-ring (bicyclic) bond motifs is 1. The van der Waals surface area contributed by atoms with Crippen LogP contribution in [0.3, 0.4) is 0 Å². The lowest BCUT2D eigenvalue weighted by atomic mass is 10.2. The number of para-hydroxylation sites is 1. The molecular weight excluding hydrogens is 482 g/mol. The maximum Gasteiger partial charge on any atom is 0.264 e. The van der Waals surface area contributed by atoms with Crippen LogP contribution in [0.2, 0.25) is 0 Å². The molecule has 0 aliphatic carbocycles. The molecule has 3 aromatic carbocycles. The Kier molecular flexibility index (Phi) is 7.37. The standard InChI is InChI=1S/C26H27N3O4S2/c1-18(2)17-33-22-11-7-20(8-12-22)25(30)28-26(34)27-21-9-13-23(14-10-21)35(31,32)29-16-15-19-5-3-4-6-24(19)29/h3-14,18H,15-17H2,1-2H3,(H2,27,28,30,34). The number of benzene rings is 3. The molecule has 0 atom stereocenters. The summed E-state index contributed by atoms with van der Waals surface area (Å²) in [5.74, 6) is 0.751. The van der Waals surface area contributed by atoms with Crippen molar-refractivity contribution in [3.63, 3.8) is 0 Å². The monoisotopic (exact) mass is 509 g/mol. The van der Waals surface area contributed by atoms with Crippen LogP contribution in [0.1, 0.15) is 29.8 Å². The van der Waals surface area contributed by atoms with Gasteiger partial charge in [-0.05, 0) is 84.7 Å². The molecule has 1 aliphatic heterocycles. The van der Waals surface area contributed by atoms with E-state index in [-0.39, 0.29) is 15.9 Å². The molecule has 9 heteroatoms. The third kappa shape index (κ3) is 5.80. The van der Waals surface area contributed by atoms with E-state index in [9.17, 15) is 13.2 Å². The zero-order valence-corrected chi connectivity index (χ0v) is 21.2. The average molecular weight is 510 g/mol. The summed E-state index contributed by atoms with van der Waals surface area (Å²) in [7, 11) is -3.67. The molecule has 7 nitrogen and oxygen atoms in total. The number of amides is 1. The van der Waals surface area contributed by atoms with Crippen molar-refractivity contribution in [1.29, 1.82) is 0 Å². The molecule has 182 valence electrons. The lowest BCUT2D eigenvalue weighted by Gasteiger charge is -2.19. The van der Waals surface area contributed by atoms with E-state index >= 15 is 0 Å². The molecule has 0 bridgehead atoms. The molecule has 0 radical (unpaired) electrons. The second-order valence-electron chi connectivity index (χ2n) is 8.62. The zero-order valence-electron chi connectivity index (χ0n) is 19.5. The van der Waals surface area contributed by atoms with Crippen LogP contribution < -0.4 is 19.7 Å². The summed E-state index contributed by atoms with van der Waals surface area (Å²) in [6, 6.07) is 20.6. The molecule has 3 aromatic rings. The third-order valence-electron chi connectivity index (χ3n) is 5.47. The predicted octanol–water partition coefficient (Wildman–Crippen LogP) is 4.60. The van der Waals surface area contributed by atoms with Gasteiger partial charge in [0.25, 0.3) is 15.9 Å². The van der Waals surface area contributed by atoms with Gasteiger partial charge in [0.1, 0.15) is 5.75 Å². The highest BCUT2D eigenvalue weighted by atomic mass is 32.2. The molecule has 0 aromatic heterocycles. The van der Waals surface area contributed by atoms with Crippen LogP contribution >= 0.6 is 12.2 Å². The van der Waals surface area contributed by atoms with E-state index in [1.54, 1.807) is 36.4 Å². The number of hydrogen-bond acceptors (Lipinski definition) is 5. The quantitative estimate of drug-likeness (QED) is 0.453. The lowest BCUT2D eigenvalue weighted by Crippen LogP contribution is -2.34. The van der Waals surface area contributed by atoms with E-state index < -0.39 is 10.0 Å². The van der Waals surface area contributed by atoms with Crippen LogP contribution in [0.25, 0.3) is 0 Å². The first kappa shape index (κ1) is 24.7. The van der Waals surface area contributed by atoms with Crippen molar-refractivity contribution in [3.05, 3.63) is 83.9 Å². The van der Waals surface area contributed by atoms with E-state index in [4.69, 9.17) is 17.0 Å². The molecule has 0 saturated carbocycles. The number of hydrogen-bond donors (Lipinski definition) is 2. The molecule has 0 fully saturated rings. The minimum absolute atomic E-state index is 0.110.